The molecule has 0 aliphatic rings. The van der Waals surface area contributed by atoms with Gasteiger partial charge in [0.05, 0.1) is 26.4 Å². The number of rotatable bonds is 70. The second-order valence-corrected chi connectivity index (χ2v) is 30.7. The molecule has 0 aromatic rings. The molecule has 0 saturated heterocycles. The highest BCUT2D eigenvalue weighted by atomic mass is 31.2. The lowest BCUT2D eigenvalue weighted by Gasteiger charge is -2.21. The minimum atomic E-state index is -4.95. The van der Waals surface area contributed by atoms with Crippen LogP contribution in [-0.2, 0) is 65.4 Å². The summed E-state index contributed by atoms with van der Waals surface area (Å²) in [6.07, 6.45) is 46.1. The van der Waals surface area contributed by atoms with Crippen molar-refractivity contribution in [1.29, 1.82) is 0 Å². The maximum Gasteiger partial charge on any atom is 0.472 e. The molecule has 0 heterocycles. The van der Waals surface area contributed by atoms with E-state index in [4.69, 9.17) is 37.0 Å². The van der Waals surface area contributed by atoms with E-state index >= 15 is 0 Å². The second-order valence-electron chi connectivity index (χ2n) is 27.8. The maximum absolute atomic E-state index is 13.0. The number of esters is 4. The topological polar surface area (TPSA) is 237 Å². The molecule has 0 aromatic heterocycles. The number of aliphatic hydroxyl groups is 1. The number of hydrogen-bond donors (Lipinski definition) is 3. The van der Waals surface area contributed by atoms with Gasteiger partial charge >= 0.3 is 39.5 Å². The summed E-state index contributed by atoms with van der Waals surface area (Å²) in [5, 5.41) is 10.6. The number of unbranched alkanes of at least 4 members (excludes halogenated alkanes) is 34. The van der Waals surface area contributed by atoms with Crippen LogP contribution in [0.1, 0.15) is 364 Å². The molecule has 19 heteroatoms. The van der Waals surface area contributed by atoms with Crippen molar-refractivity contribution in [3.05, 3.63) is 0 Å². The molecule has 17 nitrogen and oxygen atoms in total. The Morgan fingerprint density at radius 3 is 0.772 bits per heavy atom. The average Bonchev–Trinajstić information content (AvgIpc) is 2.33. The first-order chi connectivity index (χ1) is 44.2. The lowest BCUT2D eigenvalue weighted by Crippen LogP contribution is -2.30. The molecule has 0 rings (SSSR count). The zero-order valence-electron chi connectivity index (χ0n) is 60.2. The Balaban J connectivity index is 5.15. The Labute approximate surface area is 562 Å². The molecule has 0 aliphatic carbocycles. The van der Waals surface area contributed by atoms with Crippen molar-refractivity contribution in [3.8, 4) is 0 Å². The highest BCUT2D eigenvalue weighted by molar-refractivity contribution is 7.47. The van der Waals surface area contributed by atoms with Gasteiger partial charge in [-0.25, -0.2) is 9.13 Å². The van der Waals surface area contributed by atoms with E-state index in [1.54, 1.807) is 0 Å². The van der Waals surface area contributed by atoms with E-state index in [2.05, 4.69) is 55.4 Å². The first kappa shape index (κ1) is 90.1. The molecular weight excluding hydrogens is 1210 g/mol. The standard InChI is InChI=1S/C73H142O17P2/c1-9-65(7)51-43-35-29-31-38-46-54-71(76)84-60-69(90-73(78)56-48-40-32-30-36-44-52-66(8)10-2)62-88-92(81,82)86-58-67(74)57-85-91(79,80)87-61-68(89-72(77)55-47-39-28-24-23-26-34-42-50-64(5)6)59-83-70(75)53-45-37-27-22-20-18-16-14-12-11-13-15-17-19-21-25-33-41-49-63(3)4/h63-69,74H,9-62H2,1-8H3,(H,79,80)(H,81,82)/t65?,66?,67-,68-,69-/m1/s1. The van der Waals surface area contributed by atoms with E-state index in [9.17, 15) is 43.2 Å². The molecule has 4 unspecified atom stereocenters. The van der Waals surface area contributed by atoms with Crippen LogP contribution in [0.25, 0.3) is 0 Å². The summed E-state index contributed by atoms with van der Waals surface area (Å²) >= 11 is 0. The number of hydrogen-bond acceptors (Lipinski definition) is 15. The summed E-state index contributed by atoms with van der Waals surface area (Å²) in [5.41, 5.74) is 0. The third-order valence-electron chi connectivity index (χ3n) is 17.5. The molecule has 0 amide bonds. The summed E-state index contributed by atoms with van der Waals surface area (Å²) < 4.78 is 68.3. The van der Waals surface area contributed by atoms with Crippen molar-refractivity contribution >= 4 is 39.5 Å². The third kappa shape index (κ3) is 64.1. The van der Waals surface area contributed by atoms with Gasteiger partial charge in [-0.3, -0.25) is 37.3 Å². The fourth-order valence-corrected chi connectivity index (χ4v) is 12.5. The summed E-state index contributed by atoms with van der Waals surface area (Å²) in [6.45, 7) is 14.1. The van der Waals surface area contributed by atoms with Gasteiger partial charge in [0.25, 0.3) is 0 Å². The Morgan fingerprint density at radius 2 is 0.522 bits per heavy atom. The fraction of sp³-hybridized carbons (Fsp3) is 0.945. The van der Waals surface area contributed by atoms with Gasteiger partial charge in [-0.2, -0.15) is 0 Å². The van der Waals surface area contributed by atoms with Gasteiger partial charge < -0.3 is 33.8 Å². The minimum absolute atomic E-state index is 0.102. The van der Waals surface area contributed by atoms with Gasteiger partial charge in [-0.15, -0.1) is 0 Å². The quantitative estimate of drug-likeness (QED) is 0.0222. The van der Waals surface area contributed by atoms with Gasteiger partial charge in [0.2, 0.25) is 0 Å². The van der Waals surface area contributed by atoms with Crippen LogP contribution in [-0.4, -0.2) is 96.7 Å². The van der Waals surface area contributed by atoms with Crippen molar-refractivity contribution in [3.63, 3.8) is 0 Å². The molecule has 0 aliphatic heterocycles. The molecule has 0 fully saturated rings. The third-order valence-corrected chi connectivity index (χ3v) is 19.4. The average molecular weight is 1350 g/mol. The van der Waals surface area contributed by atoms with Crippen LogP contribution in [0, 0.1) is 23.7 Å². The van der Waals surface area contributed by atoms with E-state index in [0.29, 0.717) is 25.7 Å². The van der Waals surface area contributed by atoms with E-state index in [1.165, 1.54) is 161 Å². The first-order valence-electron chi connectivity index (χ1n) is 37.8. The van der Waals surface area contributed by atoms with Crippen molar-refractivity contribution in [1.82, 2.24) is 0 Å². The molecule has 3 N–H and O–H groups in total. The Morgan fingerprint density at radius 1 is 0.304 bits per heavy atom. The fourth-order valence-electron chi connectivity index (χ4n) is 11.0. The molecule has 0 spiro atoms. The molecule has 7 atom stereocenters. The normalized spacial score (nSPS) is 14.8. The predicted molar refractivity (Wildman–Crippen MR) is 372 cm³/mol. The number of ether oxygens (including phenoxy) is 4. The SMILES string of the molecule is CCC(C)CCCCCCCCC(=O)OC[C@H](COP(=O)(O)OC[C@H](O)COP(=O)(O)OC[C@@H](COC(=O)CCCCCCCCCCCCCCCCCCCCC(C)C)OC(=O)CCCCCCCCCCC(C)C)OC(=O)CCCCCCCCC(C)CC. The zero-order valence-corrected chi connectivity index (χ0v) is 62.0. The molecule has 0 radical (unpaired) electrons. The number of phosphoric acid groups is 2. The van der Waals surface area contributed by atoms with Gasteiger partial charge in [0.15, 0.2) is 12.2 Å². The molecule has 0 bridgehead atoms. The Bertz CT molecular complexity index is 1820. The maximum atomic E-state index is 13.0. The van der Waals surface area contributed by atoms with Crippen molar-refractivity contribution in [2.75, 3.05) is 39.6 Å². The van der Waals surface area contributed by atoms with Crippen LogP contribution < -0.4 is 0 Å². The summed E-state index contributed by atoms with van der Waals surface area (Å²) in [4.78, 5) is 72.6. The first-order valence-corrected chi connectivity index (χ1v) is 40.8. The molecule has 0 saturated carbocycles. The molecule has 92 heavy (non-hydrogen) atoms. The summed E-state index contributed by atoms with van der Waals surface area (Å²) in [5.74, 6) is 0.860. The van der Waals surface area contributed by atoms with Gasteiger partial charge in [-0.1, -0.05) is 312 Å². The lowest BCUT2D eigenvalue weighted by molar-refractivity contribution is -0.161. The van der Waals surface area contributed by atoms with Crippen LogP contribution in [0.4, 0.5) is 0 Å². The number of carbonyl (C=O) groups is 4. The lowest BCUT2D eigenvalue weighted by atomic mass is 10.00. The number of carbonyl (C=O) groups excluding carboxylic acids is 4. The van der Waals surface area contributed by atoms with Crippen molar-refractivity contribution in [2.45, 2.75) is 382 Å². The van der Waals surface area contributed by atoms with Crippen molar-refractivity contribution < 1.29 is 80.2 Å². The van der Waals surface area contributed by atoms with Crippen molar-refractivity contribution in [2.24, 2.45) is 23.7 Å². The predicted octanol–water partition coefficient (Wildman–Crippen LogP) is 20.9. The van der Waals surface area contributed by atoms with E-state index < -0.39 is 97.5 Å². The number of aliphatic hydroxyl groups excluding tert-OH is 1. The van der Waals surface area contributed by atoms with Crippen LogP contribution in [0.15, 0.2) is 0 Å². The monoisotopic (exact) mass is 1350 g/mol. The van der Waals surface area contributed by atoms with E-state index in [1.807, 2.05) is 0 Å². The Kier molecular flexibility index (Phi) is 61.3. The highest BCUT2D eigenvalue weighted by Gasteiger charge is 2.30. The van der Waals surface area contributed by atoms with Crippen LogP contribution in [0.5, 0.6) is 0 Å². The molecule has 546 valence electrons. The van der Waals surface area contributed by atoms with Crippen LogP contribution in [0.3, 0.4) is 0 Å². The van der Waals surface area contributed by atoms with Crippen LogP contribution in [0.2, 0.25) is 0 Å². The zero-order chi connectivity index (χ0) is 68.2. The second kappa shape index (κ2) is 62.6. The van der Waals surface area contributed by atoms with Gasteiger partial charge in [0, 0.05) is 25.7 Å². The minimum Gasteiger partial charge on any atom is -0.462 e. The van der Waals surface area contributed by atoms with E-state index in [0.717, 1.165) is 120 Å². The number of phosphoric ester groups is 2. The highest BCUT2D eigenvalue weighted by Crippen LogP contribution is 2.45. The van der Waals surface area contributed by atoms with Crippen LogP contribution >= 0.6 is 15.6 Å². The smallest absolute Gasteiger partial charge is 0.462 e. The van der Waals surface area contributed by atoms with Gasteiger partial charge in [-0.05, 0) is 49.4 Å². The van der Waals surface area contributed by atoms with E-state index in [-0.39, 0.29) is 25.7 Å². The largest absolute Gasteiger partial charge is 0.472 e. The summed E-state index contributed by atoms with van der Waals surface area (Å²) in [6, 6.07) is 0. The molecular formula is C73H142O17P2. The summed E-state index contributed by atoms with van der Waals surface area (Å²) in [7, 11) is -9.90. The molecule has 0 aromatic carbocycles. The Hall–Kier alpha value is -1.94. The van der Waals surface area contributed by atoms with Gasteiger partial charge in [0.1, 0.15) is 19.3 Å².